The second kappa shape index (κ2) is 15.1. The van der Waals surface area contributed by atoms with Crippen molar-refractivity contribution in [1.82, 2.24) is 0 Å². The molecule has 0 heterocycles. The van der Waals surface area contributed by atoms with Crippen LogP contribution in [0.5, 0.6) is 0 Å². The average molecular weight is 388 g/mol. The van der Waals surface area contributed by atoms with Gasteiger partial charge < -0.3 is 4.39 Å². The van der Waals surface area contributed by atoms with E-state index in [-0.39, 0.29) is 42.8 Å². The van der Waals surface area contributed by atoms with Crippen molar-refractivity contribution in [3.63, 3.8) is 0 Å². The second-order valence-electron chi connectivity index (χ2n) is 0.876. The SMILES string of the molecule is Br.FC(F)=C(F)Br.F[C-]=C(F)F.[Zn]. The molecule has 0 fully saturated rings. The predicted octanol–water partition coefficient (Wildman–Crippen LogP) is 4.49. The number of halogens is 8. The molecule has 0 saturated heterocycles. The Bertz CT molecular complexity index is 148. The summed E-state index contributed by atoms with van der Waals surface area (Å²) in [5.74, 6) is 0. The first-order valence-electron chi connectivity index (χ1n) is 1.82. The van der Waals surface area contributed by atoms with E-state index in [4.69, 9.17) is 0 Å². The van der Waals surface area contributed by atoms with Crippen LogP contribution >= 0.6 is 32.9 Å². The van der Waals surface area contributed by atoms with E-state index in [0.29, 0.717) is 0 Å². The van der Waals surface area contributed by atoms with Crippen molar-refractivity contribution in [3.8, 4) is 0 Å². The number of rotatable bonds is 0. The third-order valence-corrected chi connectivity index (χ3v) is 0.514. The van der Waals surface area contributed by atoms with Crippen LogP contribution in [-0.4, -0.2) is 0 Å². The molecule has 13 heavy (non-hydrogen) atoms. The summed E-state index contributed by atoms with van der Waals surface area (Å²) in [4.78, 5) is 0. The van der Waals surface area contributed by atoms with Crippen LogP contribution < -0.4 is 0 Å². The first-order chi connectivity index (χ1) is 4.91. The van der Waals surface area contributed by atoms with Gasteiger partial charge in [-0.2, -0.15) is 13.2 Å². The van der Waals surface area contributed by atoms with Gasteiger partial charge in [0.1, 0.15) is 6.08 Å². The maximum atomic E-state index is 10.9. The van der Waals surface area contributed by atoms with E-state index in [2.05, 4.69) is 0 Å². The van der Waals surface area contributed by atoms with E-state index in [0.717, 1.165) is 0 Å². The monoisotopic (exact) mass is 385 g/mol. The summed E-state index contributed by atoms with van der Waals surface area (Å²) in [7, 11) is 0. The van der Waals surface area contributed by atoms with Gasteiger partial charge in [-0.1, -0.05) is 0 Å². The Morgan fingerprint density at radius 1 is 1.00 bits per heavy atom. The summed E-state index contributed by atoms with van der Waals surface area (Å²) in [6.45, 7) is 0. The molecule has 0 aromatic rings. The largest absolute Gasteiger partial charge is 0.453 e. The zero-order valence-electron chi connectivity index (χ0n) is 5.76. The van der Waals surface area contributed by atoms with Crippen LogP contribution in [0.3, 0.4) is 0 Å². The van der Waals surface area contributed by atoms with Crippen LogP contribution in [0.1, 0.15) is 0 Å². The second-order valence-corrected chi connectivity index (χ2v) is 1.57. The Balaban J connectivity index is -0.0000000546. The topological polar surface area (TPSA) is 0 Å². The van der Waals surface area contributed by atoms with Crippen LogP contribution in [0.2, 0.25) is 0 Å². The van der Waals surface area contributed by atoms with Gasteiger partial charge in [0.05, 0.1) is 0 Å². The fourth-order valence-corrected chi connectivity index (χ4v) is 0. The average Bonchev–Trinajstić information content (AvgIpc) is 1.89. The zero-order valence-corrected chi connectivity index (χ0v) is 12.0. The minimum absolute atomic E-state index is 0. The molecule has 0 saturated carbocycles. The summed E-state index contributed by atoms with van der Waals surface area (Å²) >= 11 is 1.90. The summed E-state index contributed by atoms with van der Waals surface area (Å²) in [5.41, 5.74) is 0. The Hall–Kier alpha value is 0.643. The molecule has 0 aromatic heterocycles. The Labute approximate surface area is 102 Å². The van der Waals surface area contributed by atoms with Crippen LogP contribution in [0.4, 0.5) is 26.3 Å². The van der Waals surface area contributed by atoms with E-state index in [1.54, 1.807) is 0 Å². The van der Waals surface area contributed by atoms with E-state index in [1.807, 2.05) is 15.9 Å². The molecule has 0 aliphatic carbocycles. The minimum atomic E-state index is -2.41. The van der Waals surface area contributed by atoms with Gasteiger partial charge in [0.15, 0.2) is 0 Å². The smallest absolute Gasteiger partial charge is 0.312 e. The van der Waals surface area contributed by atoms with Crippen LogP contribution in [-0.2, 0) is 19.5 Å². The van der Waals surface area contributed by atoms with Gasteiger partial charge in [0.25, 0.3) is 0 Å². The molecular weight excluding hydrogens is 387 g/mol. The van der Waals surface area contributed by atoms with Gasteiger partial charge in [-0.15, -0.1) is 17.0 Å². The van der Waals surface area contributed by atoms with E-state index in [1.165, 1.54) is 0 Å². The van der Waals surface area contributed by atoms with Crippen molar-refractivity contribution in [3.05, 3.63) is 23.2 Å². The van der Waals surface area contributed by atoms with Crippen LogP contribution in [0.15, 0.2) is 16.9 Å². The number of hydrogen-bond acceptors (Lipinski definition) is 0. The molecule has 0 bridgehead atoms. The van der Waals surface area contributed by atoms with Gasteiger partial charge in [-0.05, 0) is 15.9 Å². The first kappa shape index (κ1) is 23.5. The standard InChI is InChI=1S/C2BrF3.C2F3.BrH.Zn/c3-1(4)2(5)6;3-1-2(4)5;;/h;;1H;/q;-1;;. The molecule has 0 rings (SSSR count). The van der Waals surface area contributed by atoms with Gasteiger partial charge >= 0.3 is 6.08 Å². The Morgan fingerprint density at radius 2 is 1.15 bits per heavy atom. The Kier molecular flexibility index (Phi) is 27.3. The van der Waals surface area contributed by atoms with Crippen LogP contribution in [0.25, 0.3) is 0 Å². The molecular formula is C4HBr2F6Zn-. The molecule has 0 aromatic carbocycles. The van der Waals surface area contributed by atoms with Crippen molar-refractivity contribution < 1.29 is 45.8 Å². The fraction of sp³-hybridized carbons (Fsp3) is 0. The van der Waals surface area contributed by atoms with E-state index >= 15 is 0 Å². The molecule has 0 nitrogen and oxygen atoms in total. The van der Waals surface area contributed by atoms with Crippen molar-refractivity contribution in [2.45, 2.75) is 0 Å². The summed E-state index contributed by atoms with van der Waals surface area (Å²) in [5, 5.41) is 0. The van der Waals surface area contributed by atoms with Gasteiger partial charge in [-0.25, -0.2) is 15.1 Å². The number of hydrogen-bond donors (Lipinski definition) is 0. The molecule has 0 unspecified atom stereocenters. The summed E-state index contributed by atoms with van der Waals surface area (Å²) in [6, 6.07) is 0. The molecule has 9 heteroatoms. The first-order valence-corrected chi connectivity index (χ1v) is 2.62. The van der Waals surface area contributed by atoms with Crippen molar-refractivity contribution in [1.29, 1.82) is 0 Å². The van der Waals surface area contributed by atoms with Crippen LogP contribution in [0, 0.1) is 6.33 Å². The molecule has 0 spiro atoms. The molecule has 0 radical (unpaired) electrons. The third kappa shape index (κ3) is 32.5. The van der Waals surface area contributed by atoms with Crippen molar-refractivity contribution >= 4 is 32.9 Å². The zero-order chi connectivity index (χ0) is 9.44. The normalized spacial score (nSPS) is 6.38. The van der Waals surface area contributed by atoms with E-state index in [9.17, 15) is 26.3 Å². The van der Waals surface area contributed by atoms with E-state index < -0.39 is 16.9 Å². The summed E-state index contributed by atoms with van der Waals surface area (Å²) < 4.78 is 61.0. The fourth-order valence-electron chi connectivity index (χ4n) is 0. The minimum Gasteiger partial charge on any atom is -0.453 e. The Morgan fingerprint density at radius 3 is 1.15 bits per heavy atom. The van der Waals surface area contributed by atoms with Crippen molar-refractivity contribution in [2.24, 2.45) is 0 Å². The predicted molar refractivity (Wildman–Crippen MR) is 39.7 cm³/mol. The molecule has 0 aliphatic heterocycles. The maximum absolute atomic E-state index is 10.9. The molecule has 0 N–H and O–H groups in total. The summed E-state index contributed by atoms with van der Waals surface area (Å²) in [6.07, 6.45) is -4.62. The maximum Gasteiger partial charge on any atom is 0.312 e. The molecule has 76 valence electrons. The van der Waals surface area contributed by atoms with Crippen molar-refractivity contribution in [2.75, 3.05) is 0 Å². The van der Waals surface area contributed by atoms with Gasteiger partial charge in [-0.3, -0.25) is 0 Å². The molecule has 0 atom stereocenters. The van der Waals surface area contributed by atoms with Gasteiger partial charge in [0.2, 0.25) is 4.74 Å². The molecule has 0 amide bonds. The third-order valence-electron chi connectivity index (χ3n) is 0.214. The van der Waals surface area contributed by atoms with Gasteiger partial charge in [0, 0.05) is 19.5 Å². The molecule has 0 aliphatic rings. The quantitative estimate of drug-likeness (QED) is 0.326.